The van der Waals surface area contributed by atoms with Gasteiger partial charge in [0.05, 0.1) is 6.61 Å². The first-order valence-corrected chi connectivity index (χ1v) is 6.37. The van der Waals surface area contributed by atoms with Gasteiger partial charge in [0, 0.05) is 18.2 Å². The molecule has 2 aromatic carbocycles. The third-order valence-electron chi connectivity index (χ3n) is 3.19. The highest BCUT2D eigenvalue weighted by molar-refractivity contribution is 5.25. The van der Waals surface area contributed by atoms with Crippen LogP contribution < -0.4 is 5.32 Å². The van der Waals surface area contributed by atoms with Crippen molar-refractivity contribution in [1.82, 2.24) is 5.32 Å². The van der Waals surface area contributed by atoms with Crippen molar-refractivity contribution in [2.24, 2.45) is 0 Å². The molecule has 0 aromatic heterocycles. The van der Waals surface area contributed by atoms with E-state index in [1.807, 2.05) is 18.2 Å². The third-order valence-corrected chi connectivity index (χ3v) is 3.19. The Morgan fingerprint density at radius 3 is 2.58 bits per heavy atom. The zero-order valence-corrected chi connectivity index (χ0v) is 10.9. The first kappa shape index (κ1) is 13.7. The van der Waals surface area contributed by atoms with Gasteiger partial charge in [0.1, 0.15) is 5.82 Å². The topological polar surface area (TPSA) is 32.3 Å². The maximum atomic E-state index is 13.3. The summed E-state index contributed by atoms with van der Waals surface area (Å²) in [6.45, 7) is 2.46. The Hall–Kier alpha value is -1.71. The van der Waals surface area contributed by atoms with Crippen LogP contribution in [0.5, 0.6) is 0 Å². The number of nitrogens with one attached hydrogen (secondary N) is 1. The summed E-state index contributed by atoms with van der Waals surface area (Å²) in [5.41, 5.74) is 2.52. The molecule has 0 radical (unpaired) electrons. The van der Waals surface area contributed by atoms with Crippen LogP contribution in [-0.2, 0) is 13.2 Å². The minimum absolute atomic E-state index is 0.226. The lowest BCUT2D eigenvalue weighted by atomic mass is 10.1. The largest absolute Gasteiger partial charge is 0.392 e. The highest BCUT2D eigenvalue weighted by atomic mass is 19.1. The van der Waals surface area contributed by atoms with E-state index < -0.39 is 0 Å². The molecular formula is C16H18FNO. The van der Waals surface area contributed by atoms with E-state index >= 15 is 0 Å². The van der Waals surface area contributed by atoms with Gasteiger partial charge >= 0.3 is 0 Å². The van der Waals surface area contributed by atoms with Crippen molar-refractivity contribution in [2.45, 2.75) is 26.1 Å². The summed E-state index contributed by atoms with van der Waals surface area (Å²) >= 11 is 0. The summed E-state index contributed by atoms with van der Waals surface area (Å²) < 4.78 is 13.3. The molecule has 0 saturated carbocycles. The van der Waals surface area contributed by atoms with Crippen molar-refractivity contribution >= 4 is 0 Å². The van der Waals surface area contributed by atoms with Gasteiger partial charge < -0.3 is 10.4 Å². The molecule has 0 saturated heterocycles. The third kappa shape index (κ3) is 3.63. The number of halogens is 1. The highest BCUT2D eigenvalue weighted by Gasteiger charge is 2.06. The molecule has 0 fully saturated rings. The lowest BCUT2D eigenvalue weighted by molar-refractivity contribution is 0.275. The number of aliphatic hydroxyl groups is 1. The van der Waals surface area contributed by atoms with Crippen LogP contribution in [0.3, 0.4) is 0 Å². The van der Waals surface area contributed by atoms with Crippen molar-refractivity contribution in [3.8, 4) is 0 Å². The molecule has 100 valence electrons. The van der Waals surface area contributed by atoms with Crippen LogP contribution >= 0.6 is 0 Å². The molecule has 19 heavy (non-hydrogen) atoms. The molecule has 2 N–H and O–H groups in total. The number of hydrogen-bond acceptors (Lipinski definition) is 2. The second-order valence-electron chi connectivity index (χ2n) is 4.60. The van der Waals surface area contributed by atoms with Gasteiger partial charge in [-0.1, -0.05) is 36.4 Å². The van der Waals surface area contributed by atoms with Crippen molar-refractivity contribution < 1.29 is 9.50 Å². The van der Waals surface area contributed by atoms with Gasteiger partial charge in [-0.3, -0.25) is 0 Å². The number of rotatable bonds is 5. The lowest BCUT2D eigenvalue weighted by Crippen LogP contribution is -2.18. The van der Waals surface area contributed by atoms with Gasteiger partial charge in [0.25, 0.3) is 0 Å². The molecule has 2 nitrogen and oxygen atoms in total. The molecule has 3 heteroatoms. The fourth-order valence-electron chi connectivity index (χ4n) is 1.99. The summed E-state index contributed by atoms with van der Waals surface area (Å²) in [7, 11) is 0. The molecule has 0 heterocycles. The molecular weight excluding hydrogens is 241 g/mol. The molecule has 0 amide bonds. The van der Waals surface area contributed by atoms with E-state index in [0.717, 1.165) is 5.56 Å². The number of hydrogen-bond donors (Lipinski definition) is 2. The first-order valence-electron chi connectivity index (χ1n) is 6.37. The Morgan fingerprint density at radius 2 is 1.89 bits per heavy atom. The average molecular weight is 259 g/mol. The molecule has 0 aliphatic rings. The zero-order chi connectivity index (χ0) is 13.7. The fraction of sp³-hybridized carbons (Fsp3) is 0.250. The molecule has 0 spiro atoms. The van der Waals surface area contributed by atoms with Gasteiger partial charge in [0.2, 0.25) is 0 Å². The van der Waals surface area contributed by atoms with Crippen LogP contribution in [0.4, 0.5) is 4.39 Å². The van der Waals surface area contributed by atoms with Crippen molar-refractivity contribution in [3.63, 3.8) is 0 Å². The van der Waals surface area contributed by atoms with Gasteiger partial charge in [-0.25, -0.2) is 4.39 Å². The van der Waals surface area contributed by atoms with Gasteiger partial charge in [0.15, 0.2) is 0 Å². The van der Waals surface area contributed by atoms with E-state index in [1.54, 1.807) is 12.1 Å². The Balaban J connectivity index is 1.99. The lowest BCUT2D eigenvalue weighted by Gasteiger charge is -2.14. The smallest absolute Gasteiger partial charge is 0.128 e. The van der Waals surface area contributed by atoms with Crippen LogP contribution in [0.15, 0.2) is 48.5 Å². The van der Waals surface area contributed by atoms with Crippen molar-refractivity contribution in [3.05, 3.63) is 71.0 Å². The predicted molar refractivity (Wildman–Crippen MR) is 74.0 cm³/mol. The van der Waals surface area contributed by atoms with E-state index in [0.29, 0.717) is 12.1 Å². The number of benzene rings is 2. The summed E-state index contributed by atoms with van der Waals surface area (Å²) in [5, 5.41) is 12.4. The molecule has 1 atom stereocenters. The molecule has 0 aliphatic heterocycles. The van der Waals surface area contributed by atoms with Crippen LogP contribution in [-0.4, -0.2) is 5.11 Å². The second-order valence-corrected chi connectivity index (χ2v) is 4.60. The van der Waals surface area contributed by atoms with E-state index in [1.165, 1.54) is 11.6 Å². The Kier molecular flexibility index (Phi) is 4.66. The van der Waals surface area contributed by atoms with Gasteiger partial charge in [-0.15, -0.1) is 0 Å². The summed E-state index contributed by atoms with van der Waals surface area (Å²) in [6.07, 6.45) is 0. The van der Waals surface area contributed by atoms with Gasteiger partial charge in [-0.05, 0) is 30.2 Å². The van der Waals surface area contributed by atoms with Crippen LogP contribution in [0.1, 0.15) is 29.7 Å². The molecule has 0 aliphatic carbocycles. The standard InChI is InChI=1S/C16H18FNO/c1-12(14-5-3-2-4-6-14)18-10-13-7-8-16(17)15(9-13)11-19/h2-9,12,18-19H,10-11H2,1H3. The summed E-state index contributed by atoms with van der Waals surface area (Å²) in [6, 6.07) is 15.2. The Labute approximate surface area is 112 Å². The first-order chi connectivity index (χ1) is 9.20. The predicted octanol–water partition coefficient (Wildman–Crippen LogP) is 3.17. The Bertz CT molecular complexity index is 528. The van der Waals surface area contributed by atoms with E-state index in [2.05, 4.69) is 24.4 Å². The van der Waals surface area contributed by atoms with Crippen LogP contribution in [0.2, 0.25) is 0 Å². The minimum Gasteiger partial charge on any atom is -0.392 e. The average Bonchev–Trinajstić information content (AvgIpc) is 2.47. The van der Waals surface area contributed by atoms with Crippen molar-refractivity contribution in [1.29, 1.82) is 0 Å². The van der Waals surface area contributed by atoms with E-state index in [4.69, 9.17) is 5.11 Å². The SMILES string of the molecule is CC(NCc1ccc(F)c(CO)c1)c1ccccc1. The monoisotopic (exact) mass is 259 g/mol. The maximum absolute atomic E-state index is 13.3. The van der Waals surface area contributed by atoms with E-state index in [-0.39, 0.29) is 18.5 Å². The Morgan fingerprint density at radius 1 is 1.16 bits per heavy atom. The normalized spacial score (nSPS) is 12.4. The maximum Gasteiger partial charge on any atom is 0.128 e. The summed E-state index contributed by atoms with van der Waals surface area (Å²) in [5.74, 6) is -0.359. The van der Waals surface area contributed by atoms with Crippen LogP contribution in [0.25, 0.3) is 0 Å². The van der Waals surface area contributed by atoms with Crippen LogP contribution in [0, 0.1) is 5.82 Å². The molecule has 0 bridgehead atoms. The van der Waals surface area contributed by atoms with E-state index in [9.17, 15) is 4.39 Å². The fourth-order valence-corrected chi connectivity index (χ4v) is 1.99. The number of aliphatic hydroxyl groups excluding tert-OH is 1. The second kappa shape index (κ2) is 6.45. The molecule has 1 unspecified atom stereocenters. The minimum atomic E-state index is -0.359. The molecule has 2 rings (SSSR count). The molecule has 2 aromatic rings. The summed E-state index contributed by atoms with van der Waals surface area (Å²) in [4.78, 5) is 0. The zero-order valence-electron chi connectivity index (χ0n) is 10.9. The van der Waals surface area contributed by atoms with Crippen molar-refractivity contribution in [2.75, 3.05) is 0 Å². The van der Waals surface area contributed by atoms with Gasteiger partial charge in [-0.2, -0.15) is 0 Å². The highest BCUT2D eigenvalue weighted by Crippen LogP contribution is 2.14. The quantitative estimate of drug-likeness (QED) is 0.864.